The van der Waals surface area contributed by atoms with Gasteiger partial charge in [0.2, 0.25) is 11.8 Å². The molecular weight excluding hydrogens is 170 g/mol. The molecule has 0 aromatic rings. The first-order chi connectivity index (χ1) is 6.15. The van der Waals surface area contributed by atoms with E-state index >= 15 is 0 Å². The van der Waals surface area contributed by atoms with Gasteiger partial charge in [-0.25, -0.2) is 0 Å². The van der Waals surface area contributed by atoms with Gasteiger partial charge in [0, 0.05) is 13.6 Å². The van der Waals surface area contributed by atoms with Crippen LogP contribution in [0.2, 0.25) is 0 Å². The maximum absolute atomic E-state index is 11.4. The average molecular weight is 185 g/mol. The van der Waals surface area contributed by atoms with Crippen molar-refractivity contribution in [2.24, 2.45) is 5.73 Å². The molecule has 74 valence electrons. The van der Waals surface area contributed by atoms with E-state index in [1.54, 1.807) is 7.05 Å². The molecule has 0 bridgehead atoms. The zero-order valence-corrected chi connectivity index (χ0v) is 7.75. The number of likely N-dealkylation sites (tertiary alicyclic amines) is 1. The van der Waals surface area contributed by atoms with Crippen LogP contribution >= 0.6 is 0 Å². The van der Waals surface area contributed by atoms with Gasteiger partial charge in [0.15, 0.2) is 0 Å². The summed E-state index contributed by atoms with van der Waals surface area (Å²) in [6.45, 7) is 0.767. The van der Waals surface area contributed by atoms with Crippen molar-refractivity contribution in [1.82, 2.24) is 10.2 Å². The quantitative estimate of drug-likeness (QED) is 0.560. The van der Waals surface area contributed by atoms with E-state index in [9.17, 15) is 9.59 Å². The Morgan fingerprint density at radius 3 is 3.08 bits per heavy atom. The van der Waals surface area contributed by atoms with Crippen LogP contribution in [0.3, 0.4) is 0 Å². The maximum atomic E-state index is 11.4. The van der Waals surface area contributed by atoms with Crippen molar-refractivity contribution in [3.05, 3.63) is 0 Å². The lowest BCUT2D eigenvalue weighted by atomic mass is 10.1. The van der Waals surface area contributed by atoms with Gasteiger partial charge in [-0.1, -0.05) is 0 Å². The number of piperidine rings is 1. The van der Waals surface area contributed by atoms with Gasteiger partial charge in [-0.3, -0.25) is 9.59 Å². The van der Waals surface area contributed by atoms with Gasteiger partial charge in [-0.05, 0) is 12.8 Å². The highest BCUT2D eigenvalue weighted by Gasteiger charge is 2.26. The molecule has 0 aromatic heterocycles. The molecule has 1 aliphatic rings. The van der Waals surface area contributed by atoms with E-state index in [2.05, 4.69) is 5.32 Å². The lowest BCUT2D eigenvalue weighted by Crippen LogP contribution is -2.51. The van der Waals surface area contributed by atoms with Crippen LogP contribution in [0.5, 0.6) is 0 Å². The molecule has 1 heterocycles. The summed E-state index contributed by atoms with van der Waals surface area (Å²) in [4.78, 5) is 23.9. The summed E-state index contributed by atoms with van der Waals surface area (Å²) in [7, 11) is 1.55. The van der Waals surface area contributed by atoms with Crippen LogP contribution < -0.4 is 11.1 Å². The summed E-state index contributed by atoms with van der Waals surface area (Å²) in [5.41, 5.74) is 5.56. The van der Waals surface area contributed by atoms with Crippen LogP contribution in [-0.4, -0.2) is 42.9 Å². The predicted octanol–water partition coefficient (Wildman–Crippen LogP) is -1.32. The molecule has 5 nitrogen and oxygen atoms in total. The minimum Gasteiger partial charge on any atom is -0.358 e. The second-order valence-electron chi connectivity index (χ2n) is 3.18. The fourth-order valence-corrected chi connectivity index (χ4v) is 1.38. The van der Waals surface area contributed by atoms with E-state index in [0.717, 1.165) is 12.8 Å². The van der Waals surface area contributed by atoms with E-state index in [-0.39, 0.29) is 18.4 Å². The Balaban J connectivity index is 2.49. The Bertz CT molecular complexity index is 217. The molecule has 0 unspecified atom stereocenters. The number of nitrogens with two attached hydrogens (primary N) is 1. The Hall–Kier alpha value is -1.10. The van der Waals surface area contributed by atoms with E-state index in [1.807, 2.05) is 0 Å². The molecule has 1 fully saturated rings. The second kappa shape index (κ2) is 4.23. The fourth-order valence-electron chi connectivity index (χ4n) is 1.38. The maximum Gasteiger partial charge on any atom is 0.239 e. The van der Waals surface area contributed by atoms with Gasteiger partial charge in [0.25, 0.3) is 0 Å². The number of amides is 2. The van der Waals surface area contributed by atoms with Crippen molar-refractivity contribution in [3.63, 3.8) is 0 Å². The molecule has 1 saturated heterocycles. The first-order valence-electron chi connectivity index (χ1n) is 4.40. The van der Waals surface area contributed by atoms with Crippen LogP contribution in [0.4, 0.5) is 0 Å². The number of hydrogen-bond acceptors (Lipinski definition) is 3. The van der Waals surface area contributed by atoms with Gasteiger partial charge in [0.05, 0.1) is 12.6 Å². The first kappa shape index (κ1) is 9.98. The van der Waals surface area contributed by atoms with E-state index in [1.165, 1.54) is 4.90 Å². The number of carbonyl (C=O) groups excluding carboxylic acids is 2. The minimum atomic E-state index is -0.418. The number of nitrogens with zero attached hydrogens (tertiary/aromatic N) is 1. The van der Waals surface area contributed by atoms with Crippen molar-refractivity contribution in [1.29, 1.82) is 0 Å². The van der Waals surface area contributed by atoms with E-state index in [4.69, 9.17) is 5.73 Å². The largest absolute Gasteiger partial charge is 0.358 e. The van der Waals surface area contributed by atoms with Crippen molar-refractivity contribution < 1.29 is 9.59 Å². The van der Waals surface area contributed by atoms with Gasteiger partial charge in [-0.15, -0.1) is 0 Å². The van der Waals surface area contributed by atoms with Crippen molar-refractivity contribution >= 4 is 11.8 Å². The zero-order chi connectivity index (χ0) is 9.84. The lowest BCUT2D eigenvalue weighted by molar-refractivity contribution is -0.138. The molecule has 1 atom stereocenters. The third-order valence-electron chi connectivity index (χ3n) is 2.19. The summed E-state index contributed by atoms with van der Waals surface area (Å²) < 4.78 is 0. The van der Waals surface area contributed by atoms with Crippen LogP contribution in [0.1, 0.15) is 12.8 Å². The first-order valence-corrected chi connectivity index (χ1v) is 4.40. The number of likely N-dealkylation sites (N-methyl/N-ethyl adjacent to an activating group) is 1. The summed E-state index contributed by atoms with van der Waals surface area (Å²) in [5, 5.41) is 2.47. The smallest absolute Gasteiger partial charge is 0.239 e. The molecule has 2 amide bonds. The summed E-state index contributed by atoms with van der Waals surface area (Å²) >= 11 is 0. The molecule has 3 N–H and O–H groups in total. The molecule has 0 spiro atoms. The van der Waals surface area contributed by atoms with E-state index < -0.39 is 6.04 Å². The van der Waals surface area contributed by atoms with Crippen molar-refractivity contribution in [3.8, 4) is 0 Å². The molecule has 0 aromatic carbocycles. The molecule has 0 saturated carbocycles. The molecule has 1 rings (SSSR count). The van der Waals surface area contributed by atoms with Gasteiger partial charge < -0.3 is 16.0 Å². The van der Waals surface area contributed by atoms with E-state index in [0.29, 0.717) is 6.54 Å². The molecular formula is C8H15N3O2. The second-order valence-corrected chi connectivity index (χ2v) is 3.18. The van der Waals surface area contributed by atoms with Crippen LogP contribution in [0, 0.1) is 0 Å². The Labute approximate surface area is 77.3 Å². The Morgan fingerprint density at radius 1 is 1.77 bits per heavy atom. The third kappa shape index (κ3) is 2.42. The average Bonchev–Trinajstić information content (AvgIpc) is 2.13. The summed E-state index contributed by atoms with van der Waals surface area (Å²) in [5.74, 6) is -0.266. The summed E-state index contributed by atoms with van der Waals surface area (Å²) in [6.07, 6.45) is 1.60. The highest BCUT2D eigenvalue weighted by atomic mass is 16.2. The highest BCUT2D eigenvalue weighted by molar-refractivity contribution is 5.87. The highest BCUT2D eigenvalue weighted by Crippen LogP contribution is 2.08. The predicted molar refractivity (Wildman–Crippen MR) is 47.9 cm³/mol. The molecule has 5 heteroatoms. The van der Waals surface area contributed by atoms with Gasteiger partial charge in [0.1, 0.15) is 0 Å². The van der Waals surface area contributed by atoms with Crippen LogP contribution in [-0.2, 0) is 9.59 Å². The molecule has 13 heavy (non-hydrogen) atoms. The zero-order valence-electron chi connectivity index (χ0n) is 7.75. The number of nitrogens with one attached hydrogen (secondary N) is 1. The SMILES string of the molecule is CNC(=O)CN1CCC[C@@H](N)C1=O. The van der Waals surface area contributed by atoms with Crippen LogP contribution in [0.15, 0.2) is 0 Å². The molecule has 0 radical (unpaired) electrons. The third-order valence-corrected chi connectivity index (χ3v) is 2.19. The normalized spacial score (nSPS) is 23.1. The summed E-state index contributed by atoms with van der Waals surface area (Å²) in [6, 6.07) is -0.418. The monoisotopic (exact) mass is 185 g/mol. The topological polar surface area (TPSA) is 75.4 Å². The number of hydrogen-bond donors (Lipinski definition) is 2. The standard InChI is InChI=1S/C8H15N3O2/c1-10-7(12)5-11-4-2-3-6(9)8(11)13/h6H,2-5,9H2,1H3,(H,10,12)/t6-/m1/s1. The molecule has 0 aliphatic carbocycles. The number of rotatable bonds is 2. The number of carbonyl (C=O) groups is 2. The van der Waals surface area contributed by atoms with Gasteiger partial charge in [-0.2, -0.15) is 0 Å². The lowest BCUT2D eigenvalue weighted by Gasteiger charge is -2.29. The van der Waals surface area contributed by atoms with Crippen molar-refractivity contribution in [2.75, 3.05) is 20.1 Å². The Morgan fingerprint density at radius 2 is 2.46 bits per heavy atom. The Kier molecular flexibility index (Phi) is 3.25. The van der Waals surface area contributed by atoms with Crippen LogP contribution in [0.25, 0.3) is 0 Å². The van der Waals surface area contributed by atoms with Crippen molar-refractivity contribution in [2.45, 2.75) is 18.9 Å². The van der Waals surface area contributed by atoms with Gasteiger partial charge >= 0.3 is 0 Å². The molecule has 1 aliphatic heterocycles. The minimum absolute atomic E-state index is 0.116. The fraction of sp³-hybridized carbons (Fsp3) is 0.750.